The summed E-state index contributed by atoms with van der Waals surface area (Å²) < 4.78 is 3.75. The maximum absolute atomic E-state index is 13.3. The molecule has 1 aliphatic rings. The second-order valence-corrected chi connectivity index (χ2v) is 7.82. The molecular formula is C23H23N5O2. The molecular weight excluding hydrogens is 378 g/mol. The fraction of sp³-hybridized carbons (Fsp3) is 0.261. The lowest BCUT2D eigenvalue weighted by atomic mass is 10.1. The average molecular weight is 401 g/mol. The van der Waals surface area contributed by atoms with E-state index in [2.05, 4.69) is 14.5 Å². The molecule has 3 aromatic heterocycles. The molecule has 0 aliphatic carbocycles. The number of amides is 1. The predicted octanol–water partition coefficient (Wildman–Crippen LogP) is 3.13. The van der Waals surface area contributed by atoms with Gasteiger partial charge < -0.3 is 14.5 Å². The van der Waals surface area contributed by atoms with Crippen molar-refractivity contribution in [3.63, 3.8) is 0 Å². The zero-order chi connectivity index (χ0) is 20.8. The number of H-pyrrole nitrogens is 1. The van der Waals surface area contributed by atoms with Crippen LogP contribution in [0.1, 0.15) is 28.5 Å². The fourth-order valence-corrected chi connectivity index (χ4v) is 4.41. The Hall–Kier alpha value is -3.61. The van der Waals surface area contributed by atoms with Gasteiger partial charge in [0.05, 0.1) is 17.1 Å². The monoisotopic (exact) mass is 401 g/mol. The van der Waals surface area contributed by atoms with Crippen LogP contribution in [0.25, 0.3) is 22.4 Å². The van der Waals surface area contributed by atoms with Gasteiger partial charge in [-0.25, -0.2) is 9.78 Å². The van der Waals surface area contributed by atoms with Gasteiger partial charge in [-0.15, -0.1) is 0 Å². The quantitative estimate of drug-likeness (QED) is 0.573. The van der Waals surface area contributed by atoms with Crippen LogP contribution in [0.2, 0.25) is 0 Å². The second-order valence-electron chi connectivity index (χ2n) is 7.82. The minimum Gasteiger partial charge on any atom is -0.347 e. The molecule has 1 amide bonds. The number of hydrogen-bond donors (Lipinski definition) is 1. The molecule has 1 aromatic carbocycles. The number of benzene rings is 1. The molecule has 7 heteroatoms. The van der Waals surface area contributed by atoms with E-state index in [1.807, 2.05) is 61.3 Å². The third kappa shape index (κ3) is 2.85. The van der Waals surface area contributed by atoms with Crippen molar-refractivity contribution in [2.75, 3.05) is 13.1 Å². The van der Waals surface area contributed by atoms with Gasteiger partial charge >= 0.3 is 5.69 Å². The van der Waals surface area contributed by atoms with E-state index in [-0.39, 0.29) is 17.6 Å². The lowest BCUT2D eigenvalue weighted by molar-refractivity contribution is 0.0787. The number of likely N-dealkylation sites (tertiary alicyclic amines) is 1. The van der Waals surface area contributed by atoms with E-state index in [4.69, 9.17) is 0 Å². The average Bonchev–Trinajstić information content (AvgIpc) is 3.44. The number of pyridine rings is 1. The van der Waals surface area contributed by atoms with Gasteiger partial charge in [-0.3, -0.25) is 9.36 Å². The molecule has 152 valence electrons. The molecule has 0 radical (unpaired) electrons. The number of carbonyl (C=O) groups excluding carboxylic acids is 1. The highest BCUT2D eigenvalue weighted by Crippen LogP contribution is 2.29. The van der Waals surface area contributed by atoms with Gasteiger partial charge in [-0.1, -0.05) is 30.3 Å². The Labute approximate surface area is 173 Å². The number of rotatable bonds is 3. The fourth-order valence-electron chi connectivity index (χ4n) is 4.41. The van der Waals surface area contributed by atoms with Gasteiger partial charge in [0, 0.05) is 37.7 Å². The van der Waals surface area contributed by atoms with Crippen molar-refractivity contribution in [3.8, 4) is 11.3 Å². The SMILES string of the molecule is Cc1c(C(=O)N2CC[C@@H](n3c(=O)[nH]c4cccnc43)C2)cc(-c2ccccc2)n1C. The molecule has 1 aliphatic heterocycles. The summed E-state index contributed by atoms with van der Waals surface area (Å²) >= 11 is 0. The molecule has 30 heavy (non-hydrogen) atoms. The van der Waals surface area contributed by atoms with Crippen molar-refractivity contribution in [3.05, 3.63) is 76.5 Å². The van der Waals surface area contributed by atoms with Crippen LogP contribution >= 0.6 is 0 Å². The molecule has 4 heterocycles. The normalized spacial score (nSPS) is 16.5. The Kier molecular flexibility index (Phi) is 4.31. The standard InChI is InChI=1S/C23H23N5O2/c1-15-18(13-20(26(15)2)16-7-4-3-5-8-16)22(29)27-12-10-17(14-27)28-21-19(25-23(28)30)9-6-11-24-21/h3-9,11,13,17H,10,12,14H2,1-2H3,(H,25,30)/t17-/m1/s1. The zero-order valence-electron chi connectivity index (χ0n) is 17.0. The number of fused-ring (bicyclic) bond motifs is 1. The van der Waals surface area contributed by atoms with Gasteiger partial charge in [0.15, 0.2) is 5.65 Å². The van der Waals surface area contributed by atoms with Crippen molar-refractivity contribution >= 4 is 17.1 Å². The molecule has 0 bridgehead atoms. The Balaban J connectivity index is 1.43. The number of nitrogens with zero attached hydrogens (tertiary/aromatic N) is 4. The third-order valence-corrected chi connectivity index (χ3v) is 6.13. The minimum atomic E-state index is -0.176. The zero-order valence-corrected chi connectivity index (χ0v) is 17.0. The molecule has 1 N–H and O–H groups in total. The van der Waals surface area contributed by atoms with E-state index < -0.39 is 0 Å². The number of nitrogens with one attached hydrogen (secondary N) is 1. The maximum Gasteiger partial charge on any atom is 0.327 e. The lowest BCUT2D eigenvalue weighted by Crippen LogP contribution is -2.31. The van der Waals surface area contributed by atoms with Crippen LogP contribution in [0.3, 0.4) is 0 Å². The smallest absolute Gasteiger partial charge is 0.327 e. The first-order chi connectivity index (χ1) is 14.5. The maximum atomic E-state index is 13.3. The molecule has 0 unspecified atom stereocenters. The molecule has 5 rings (SSSR count). The highest BCUT2D eigenvalue weighted by Gasteiger charge is 2.31. The Bertz CT molecular complexity index is 1300. The van der Waals surface area contributed by atoms with E-state index in [9.17, 15) is 9.59 Å². The lowest BCUT2D eigenvalue weighted by Gasteiger charge is -2.17. The minimum absolute atomic E-state index is 0.00799. The van der Waals surface area contributed by atoms with E-state index in [0.29, 0.717) is 24.3 Å². The Morgan fingerprint density at radius 3 is 2.77 bits per heavy atom. The van der Waals surface area contributed by atoms with Gasteiger partial charge in [-0.05, 0) is 37.1 Å². The van der Waals surface area contributed by atoms with Crippen molar-refractivity contribution in [1.82, 2.24) is 24.0 Å². The molecule has 7 nitrogen and oxygen atoms in total. The summed E-state index contributed by atoms with van der Waals surface area (Å²) in [5, 5.41) is 0. The van der Waals surface area contributed by atoms with Crippen LogP contribution in [0.15, 0.2) is 59.5 Å². The van der Waals surface area contributed by atoms with Crippen LogP contribution in [0, 0.1) is 6.92 Å². The number of hydrogen-bond acceptors (Lipinski definition) is 3. The number of aromatic amines is 1. The van der Waals surface area contributed by atoms with Crippen LogP contribution in [-0.4, -0.2) is 43.0 Å². The topological polar surface area (TPSA) is 75.9 Å². The third-order valence-electron chi connectivity index (χ3n) is 6.13. The number of imidazole rings is 1. The van der Waals surface area contributed by atoms with Crippen molar-refractivity contribution in [2.45, 2.75) is 19.4 Å². The summed E-state index contributed by atoms with van der Waals surface area (Å²) in [6.45, 7) is 3.09. The van der Waals surface area contributed by atoms with Crippen molar-refractivity contribution in [2.24, 2.45) is 7.05 Å². The highest BCUT2D eigenvalue weighted by molar-refractivity contribution is 5.97. The largest absolute Gasteiger partial charge is 0.347 e. The molecule has 4 aromatic rings. The Morgan fingerprint density at radius 2 is 1.97 bits per heavy atom. The van der Waals surface area contributed by atoms with E-state index in [1.165, 1.54) is 0 Å². The van der Waals surface area contributed by atoms with Crippen LogP contribution in [-0.2, 0) is 7.05 Å². The predicted molar refractivity (Wildman–Crippen MR) is 115 cm³/mol. The summed E-state index contributed by atoms with van der Waals surface area (Å²) in [5.74, 6) is 0.00799. The van der Waals surface area contributed by atoms with Crippen molar-refractivity contribution in [1.29, 1.82) is 0 Å². The first kappa shape index (κ1) is 18.4. The van der Waals surface area contributed by atoms with Gasteiger partial charge in [0.2, 0.25) is 0 Å². The van der Waals surface area contributed by atoms with Crippen LogP contribution in [0.4, 0.5) is 0 Å². The van der Waals surface area contributed by atoms with Crippen LogP contribution in [0.5, 0.6) is 0 Å². The second kappa shape index (κ2) is 7.02. The van der Waals surface area contributed by atoms with E-state index in [0.717, 1.165) is 28.9 Å². The van der Waals surface area contributed by atoms with Crippen LogP contribution < -0.4 is 5.69 Å². The van der Waals surface area contributed by atoms with Gasteiger partial charge in [0.1, 0.15) is 0 Å². The van der Waals surface area contributed by atoms with E-state index in [1.54, 1.807) is 16.8 Å². The summed E-state index contributed by atoms with van der Waals surface area (Å²) in [4.78, 5) is 34.9. The van der Waals surface area contributed by atoms with Gasteiger partial charge in [-0.2, -0.15) is 0 Å². The molecule has 0 spiro atoms. The summed E-state index contributed by atoms with van der Waals surface area (Å²) in [5.41, 5.74) is 4.93. The Morgan fingerprint density at radius 1 is 1.17 bits per heavy atom. The highest BCUT2D eigenvalue weighted by atomic mass is 16.2. The number of carbonyl (C=O) groups is 1. The molecule has 0 saturated carbocycles. The number of aromatic nitrogens is 4. The summed E-state index contributed by atoms with van der Waals surface area (Å²) in [6.07, 6.45) is 2.41. The summed E-state index contributed by atoms with van der Waals surface area (Å²) in [6, 6.07) is 15.6. The summed E-state index contributed by atoms with van der Waals surface area (Å²) in [7, 11) is 1.98. The first-order valence-electron chi connectivity index (χ1n) is 10.1. The van der Waals surface area contributed by atoms with Crippen molar-refractivity contribution < 1.29 is 4.79 Å². The van der Waals surface area contributed by atoms with Gasteiger partial charge in [0.25, 0.3) is 5.91 Å². The molecule has 1 atom stereocenters. The molecule has 1 saturated heterocycles. The molecule has 1 fully saturated rings. The first-order valence-corrected chi connectivity index (χ1v) is 10.1. The van der Waals surface area contributed by atoms with E-state index >= 15 is 0 Å².